The van der Waals surface area contributed by atoms with E-state index in [0.29, 0.717) is 5.92 Å². The zero-order valence-corrected chi connectivity index (χ0v) is 13.6. The number of aromatic nitrogens is 2. The summed E-state index contributed by atoms with van der Waals surface area (Å²) in [5, 5.41) is 3.18. The third kappa shape index (κ3) is 2.95. The molecule has 0 spiro atoms. The average molecular weight is 359 g/mol. The topological polar surface area (TPSA) is 37.8 Å². The van der Waals surface area contributed by atoms with Gasteiger partial charge in [0.25, 0.3) is 0 Å². The van der Waals surface area contributed by atoms with Crippen LogP contribution in [-0.2, 0) is 0 Å². The Morgan fingerprint density at radius 1 is 1.22 bits per heavy atom. The Balaban J connectivity index is 2.17. The quantitative estimate of drug-likeness (QED) is 0.826. The van der Waals surface area contributed by atoms with Crippen LogP contribution in [0.5, 0.6) is 0 Å². The molecule has 3 nitrogen and oxygen atoms in total. The highest BCUT2D eigenvalue weighted by Gasteiger charge is 2.24. The molecule has 0 aliphatic heterocycles. The van der Waals surface area contributed by atoms with E-state index in [1.165, 1.54) is 32.1 Å². The maximum atomic E-state index is 4.70. The molecule has 0 radical (unpaired) electrons. The van der Waals surface area contributed by atoms with Crippen LogP contribution in [0.2, 0.25) is 0 Å². The van der Waals surface area contributed by atoms with E-state index in [1.807, 2.05) is 7.05 Å². The van der Waals surface area contributed by atoms with E-state index in [0.717, 1.165) is 26.8 Å². The van der Waals surface area contributed by atoms with Crippen LogP contribution < -0.4 is 5.32 Å². The number of nitrogens with one attached hydrogen (secondary N) is 1. The molecule has 1 aromatic rings. The van der Waals surface area contributed by atoms with Gasteiger partial charge in [-0.15, -0.1) is 0 Å². The van der Waals surface area contributed by atoms with Crippen LogP contribution in [0.15, 0.2) is 0 Å². The van der Waals surface area contributed by atoms with Crippen molar-refractivity contribution in [2.45, 2.75) is 51.9 Å². The summed E-state index contributed by atoms with van der Waals surface area (Å²) in [7, 11) is 1.93. The number of anilines is 1. The molecule has 0 saturated heterocycles. The first-order chi connectivity index (χ1) is 8.65. The van der Waals surface area contributed by atoms with Gasteiger partial charge in [-0.1, -0.05) is 13.3 Å². The van der Waals surface area contributed by atoms with E-state index in [4.69, 9.17) is 9.97 Å². The SMILES string of the molecule is CCC1CCC(c2nc(C)c(I)c(NC)n2)CC1. The molecule has 1 saturated carbocycles. The normalized spacial score (nSPS) is 24.0. The Bertz CT molecular complexity index is 412. The molecule has 1 heterocycles. The fourth-order valence-corrected chi connectivity index (χ4v) is 3.27. The zero-order valence-electron chi connectivity index (χ0n) is 11.5. The lowest BCUT2D eigenvalue weighted by Crippen LogP contribution is -2.16. The Labute approximate surface area is 123 Å². The summed E-state index contributed by atoms with van der Waals surface area (Å²) in [6.07, 6.45) is 6.50. The van der Waals surface area contributed by atoms with Crippen LogP contribution in [-0.4, -0.2) is 17.0 Å². The average Bonchev–Trinajstić information content (AvgIpc) is 2.42. The van der Waals surface area contributed by atoms with Crippen LogP contribution in [0.4, 0.5) is 5.82 Å². The number of hydrogen-bond donors (Lipinski definition) is 1. The summed E-state index contributed by atoms with van der Waals surface area (Å²) in [4.78, 5) is 9.39. The van der Waals surface area contributed by atoms with Crippen LogP contribution in [0.1, 0.15) is 56.5 Å². The lowest BCUT2D eigenvalue weighted by atomic mass is 9.80. The highest BCUT2D eigenvalue weighted by atomic mass is 127. The van der Waals surface area contributed by atoms with Gasteiger partial charge in [-0.2, -0.15) is 0 Å². The molecular weight excluding hydrogens is 337 g/mol. The number of hydrogen-bond acceptors (Lipinski definition) is 3. The maximum absolute atomic E-state index is 4.70. The molecule has 0 atom stereocenters. The number of aryl methyl sites for hydroxylation is 1. The molecular formula is C14H22IN3. The van der Waals surface area contributed by atoms with E-state index >= 15 is 0 Å². The smallest absolute Gasteiger partial charge is 0.143 e. The molecule has 1 aliphatic carbocycles. The van der Waals surface area contributed by atoms with Crippen molar-refractivity contribution in [2.24, 2.45) is 5.92 Å². The fraction of sp³-hybridized carbons (Fsp3) is 0.714. The van der Waals surface area contributed by atoms with Crippen LogP contribution in [0.25, 0.3) is 0 Å². The van der Waals surface area contributed by atoms with Gasteiger partial charge in [0.05, 0.1) is 9.26 Å². The molecule has 0 bridgehead atoms. The molecule has 1 aromatic heterocycles. The molecule has 18 heavy (non-hydrogen) atoms. The van der Waals surface area contributed by atoms with Crippen molar-refractivity contribution in [3.63, 3.8) is 0 Å². The van der Waals surface area contributed by atoms with Crippen molar-refractivity contribution >= 4 is 28.4 Å². The van der Waals surface area contributed by atoms with Crippen molar-refractivity contribution in [3.05, 3.63) is 15.1 Å². The minimum Gasteiger partial charge on any atom is -0.372 e. The second kappa shape index (κ2) is 6.17. The van der Waals surface area contributed by atoms with Gasteiger partial charge in [0.15, 0.2) is 0 Å². The van der Waals surface area contributed by atoms with Gasteiger partial charge in [0.1, 0.15) is 11.6 Å². The lowest BCUT2D eigenvalue weighted by Gasteiger charge is -2.27. The minimum atomic E-state index is 0.565. The highest BCUT2D eigenvalue weighted by Crippen LogP contribution is 2.36. The fourth-order valence-electron chi connectivity index (χ4n) is 2.76. The van der Waals surface area contributed by atoms with Gasteiger partial charge >= 0.3 is 0 Å². The van der Waals surface area contributed by atoms with Gasteiger partial charge in [-0.3, -0.25) is 0 Å². The van der Waals surface area contributed by atoms with Crippen LogP contribution >= 0.6 is 22.6 Å². The summed E-state index contributed by atoms with van der Waals surface area (Å²) in [6.45, 7) is 4.38. The minimum absolute atomic E-state index is 0.565. The molecule has 2 rings (SSSR count). The van der Waals surface area contributed by atoms with Crippen LogP contribution in [0.3, 0.4) is 0 Å². The van der Waals surface area contributed by atoms with Crippen molar-refractivity contribution in [3.8, 4) is 0 Å². The number of halogens is 1. The summed E-state index contributed by atoms with van der Waals surface area (Å²) in [5.41, 5.74) is 1.10. The molecule has 0 amide bonds. The lowest BCUT2D eigenvalue weighted by molar-refractivity contribution is 0.312. The van der Waals surface area contributed by atoms with Gasteiger partial charge in [0, 0.05) is 13.0 Å². The first-order valence-electron chi connectivity index (χ1n) is 6.87. The Morgan fingerprint density at radius 3 is 2.44 bits per heavy atom. The maximum Gasteiger partial charge on any atom is 0.143 e. The van der Waals surface area contributed by atoms with E-state index in [2.05, 4.69) is 41.8 Å². The van der Waals surface area contributed by atoms with Crippen LogP contribution in [0, 0.1) is 16.4 Å². The van der Waals surface area contributed by atoms with E-state index in [9.17, 15) is 0 Å². The third-order valence-corrected chi connectivity index (χ3v) is 5.35. The van der Waals surface area contributed by atoms with Crippen molar-refractivity contribution in [1.29, 1.82) is 0 Å². The number of rotatable bonds is 3. The second-order valence-corrected chi connectivity index (χ2v) is 6.28. The molecule has 1 N–H and O–H groups in total. The molecule has 100 valence electrons. The predicted octanol–water partition coefficient (Wildman–Crippen LogP) is 4.12. The third-order valence-electron chi connectivity index (χ3n) is 4.06. The summed E-state index contributed by atoms with van der Waals surface area (Å²) in [5.74, 6) is 3.52. The Morgan fingerprint density at radius 2 is 1.89 bits per heavy atom. The molecule has 4 heteroatoms. The van der Waals surface area contributed by atoms with Gasteiger partial charge in [-0.05, 0) is 61.1 Å². The second-order valence-electron chi connectivity index (χ2n) is 5.21. The monoisotopic (exact) mass is 359 g/mol. The zero-order chi connectivity index (χ0) is 13.1. The first kappa shape index (κ1) is 14.0. The van der Waals surface area contributed by atoms with Crippen molar-refractivity contribution in [2.75, 3.05) is 12.4 Å². The molecule has 1 fully saturated rings. The molecule has 1 aliphatic rings. The highest BCUT2D eigenvalue weighted by molar-refractivity contribution is 14.1. The van der Waals surface area contributed by atoms with Gasteiger partial charge in [0.2, 0.25) is 0 Å². The van der Waals surface area contributed by atoms with E-state index < -0.39 is 0 Å². The summed E-state index contributed by atoms with van der Waals surface area (Å²) >= 11 is 2.31. The summed E-state index contributed by atoms with van der Waals surface area (Å²) in [6, 6.07) is 0. The van der Waals surface area contributed by atoms with E-state index in [-0.39, 0.29) is 0 Å². The summed E-state index contributed by atoms with van der Waals surface area (Å²) < 4.78 is 1.14. The van der Waals surface area contributed by atoms with Gasteiger partial charge < -0.3 is 5.32 Å². The van der Waals surface area contributed by atoms with E-state index in [1.54, 1.807) is 0 Å². The Kier molecular flexibility index (Phi) is 4.81. The molecule has 0 unspecified atom stereocenters. The predicted molar refractivity (Wildman–Crippen MR) is 84.0 cm³/mol. The molecule has 0 aromatic carbocycles. The standard InChI is InChI=1S/C14H22IN3/c1-4-10-5-7-11(8-6-10)13-17-9(2)12(15)14(16-3)18-13/h10-11H,4-8H2,1-3H3,(H,16,17,18). The number of nitrogens with zero attached hydrogens (tertiary/aromatic N) is 2. The van der Waals surface area contributed by atoms with Crippen molar-refractivity contribution < 1.29 is 0 Å². The Hall–Kier alpha value is -0.390. The van der Waals surface area contributed by atoms with Crippen molar-refractivity contribution in [1.82, 2.24) is 9.97 Å². The first-order valence-corrected chi connectivity index (χ1v) is 7.95. The van der Waals surface area contributed by atoms with Gasteiger partial charge in [-0.25, -0.2) is 9.97 Å². The largest absolute Gasteiger partial charge is 0.372 e.